The Balaban J connectivity index is 1.41. The van der Waals surface area contributed by atoms with Gasteiger partial charge in [0.05, 0.1) is 6.07 Å². The third-order valence-electron chi connectivity index (χ3n) is 3.69. The lowest BCUT2D eigenvalue weighted by Crippen LogP contribution is -2.29. The summed E-state index contributed by atoms with van der Waals surface area (Å²) in [6.45, 7) is 0.660. The van der Waals surface area contributed by atoms with Crippen molar-refractivity contribution < 1.29 is 18.9 Å². The molecule has 2 heterocycles. The third-order valence-corrected chi connectivity index (χ3v) is 3.69. The maximum absolute atomic E-state index is 12.1. The Bertz CT molecular complexity index is 926. The zero-order valence-corrected chi connectivity index (χ0v) is 13.7. The van der Waals surface area contributed by atoms with Gasteiger partial charge in [-0.2, -0.15) is 0 Å². The van der Waals surface area contributed by atoms with E-state index in [9.17, 15) is 19.7 Å². The lowest BCUT2D eigenvalue weighted by atomic mass is 10.2. The minimum absolute atomic E-state index is 0.126. The number of carbonyl (C=O) groups is 2. The molecule has 2 amide bonds. The van der Waals surface area contributed by atoms with Crippen molar-refractivity contribution in [2.24, 2.45) is 0 Å². The molecule has 0 aliphatic rings. The van der Waals surface area contributed by atoms with Gasteiger partial charge in [0, 0.05) is 24.0 Å². The second kappa shape index (κ2) is 7.51. The summed E-state index contributed by atoms with van der Waals surface area (Å²) in [5.74, 6) is -1.38. The zero-order valence-electron chi connectivity index (χ0n) is 13.7. The minimum Gasteiger partial charge on any atom is -0.395 e. The molecular formula is C17H16N4O5. The number of carbonyl (C=O) groups excluding carboxylic acids is 2. The highest BCUT2D eigenvalue weighted by Gasteiger charge is 2.16. The van der Waals surface area contributed by atoms with Gasteiger partial charge in [0.15, 0.2) is 5.76 Å². The van der Waals surface area contributed by atoms with Crippen LogP contribution < -0.4 is 10.6 Å². The largest absolute Gasteiger partial charge is 0.433 e. The lowest BCUT2D eigenvalue weighted by molar-refractivity contribution is -0.402. The molecule has 1 aromatic carbocycles. The maximum Gasteiger partial charge on any atom is 0.433 e. The molecule has 0 bridgehead atoms. The highest BCUT2D eigenvalue weighted by atomic mass is 16.6. The fourth-order valence-corrected chi connectivity index (χ4v) is 2.42. The third kappa shape index (κ3) is 3.89. The van der Waals surface area contributed by atoms with E-state index < -0.39 is 16.7 Å². The molecule has 0 saturated heterocycles. The number of amides is 2. The van der Waals surface area contributed by atoms with E-state index in [1.54, 1.807) is 6.07 Å². The highest BCUT2D eigenvalue weighted by Crippen LogP contribution is 2.15. The fourth-order valence-electron chi connectivity index (χ4n) is 2.42. The van der Waals surface area contributed by atoms with Crippen LogP contribution in [0.15, 0.2) is 46.9 Å². The number of aromatic nitrogens is 1. The normalized spacial score (nSPS) is 10.6. The highest BCUT2D eigenvalue weighted by molar-refractivity contribution is 5.98. The van der Waals surface area contributed by atoms with Gasteiger partial charge in [0.1, 0.15) is 10.6 Å². The number of H-pyrrole nitrogens is 1. The number of nitrogens with one attached hydrogen (secondary N) is 3. The molecule has 3 aromatic rings. The van der Waals surface area contributed by atoms with Crippen LogP contribution in [0.4, 0.5) is 5.88 Å². The average Bonchev–Trinajstić information content (AvgIpc) is 3.28. The molecule has 0 fully saturated rings. The molecule has 3 N–H and O–H groups in total. The molecule has 0 atom stereocenters. The minimum atomic E-state index is -0.712. The molecule has 9 nitrogen and oxygen atoms in total. The van der Waals surface area contributed by atoms with Crippen molar-refractivity contribution in [1.29, 1.82) is 0 Å². The van der Waals surface area contributed by atoms with E-state index in [1.165, 1.54) is 6.07 Å². The number of nitrogens with zero attached hydrogens (tertiary/aromatic N) is 1. The van der Waals surface area contributed by atoms with Gasteiger partial charge in [-0.1, -0.05) is 18.2 Å². The smallest absolute Gasteiger partial charge is 0.395 e. The Morgan fingerprint density at radius 1 is 1.08 bits per heavy atom. The van der Waals surface area contributed by atoms with Gasteiger partial charge in [-0.25, -0.2) is 0 Å². The van der Waals surface area contributed by atoms with Crippen molar-refractivity contribution in [2.75, 3.05) is 13.1 Å². The first kappa shape index (κ1) is 17.2. The summed E-state index contributed by atoms with van der Waals surface area (Å²) in [7, 11) is 0. The number of furan rings is 1. The fraction of sp³-hybridized carbons (Fsp3) is 0.176. The van der Waals surface area contributed by atoms with E-state index in [0.29, 0.717) is 25.2 Å². The molecule has 0 radical (unpaired) electrons. The molecule has 134 valence electrons. The molecular weight excluding hydrogens is 340 g/mol. The van der Waals surface area contributed by atoms with Crippen molar-refractivity contribution in [3.8, 4) is 0 Å². The van der Waals surface area contributed by atoms with Crippen molar-refractivity contribution in [3.63, 3.8) is 0 Å². The Morgan fingerprint density at radius 2 is 1.81 bits per heavy atom. The Hall–Kier alpha value is -3.62. The van der Waals surface area contributed by atoms with Gasteiger partial charge in [0.2, 0.25) is 0 Å². The molecule has 2 aromatic heterocycles. The number of hydrogen-bond acceptors (Lipinski definition) is 5. The van der Waals surface area contributed by atoms with Crippen LogP contribution in [0.5, 0.6) is 0 Å². The number of rotatable bonds is 7. The Kier molecular flexibility index (Phi) is 4.97. The van der Waals surface area contributed by atoms with Crippen LogP contribution in [-0.2, 0) is 0 Å². The summed E-state index contributed by atoms with van der Waals surface area (Å²) in [6, 6.07) is 11.7. The van der Waals surface area contributed by atoms with Gasteiger partial charge in [-0.15, -0.1) is 0 Å². The van der Waals surface area contributed by atoms with Gasteiger partial charge >= 0.3 is 5.88 Å². The molecule has 9 heteroatoms. The second-order valence-electron chi connectivity index (χ2n) is 5.53. The number of para-hydroxylation sites is 1. The number of aromatic amines is 1. The first-order valence-electron chi connectivity index (χ1n) is 7.93. The van der Waals surface area contributed by atoms with Crippen LogP contribution in [0.25, 0.3) is 10.9 Å². The summed E-state index contributed by atoms with van der Waals surface area (Å²) in [5.41, 5.74) is 1.36. The summed E-state index contributed by atoms with van der Waals surface area (Å²) in [6.07, 6.45) is 0.501. The standard InChI is InChI=1S/C17H16N4O5/c22-16(13-10-11-4-1-2-5-12(11)20-13)18-8-3-9-19-17(23)14-6-7-15(26-14)21(24)25/h1-2,4-7,10,20H,3,8-9H2,(H,18,22)(H,19,23). The number of fused-ring (bicyclic) bond motifs is 1. The van der Waals surface area contributed by atoms with Gasteiger partial charge in [0.25, 0.3) is 11.8 Å². The predicted molar refractivity (Wildman–Crippen MR) is 92.9 cm³/mol. The van der Waals surface area contributed by atoms with E-state index in [0.717, 1.165) is 17.0 Å². The number of nitro groups is 1. The number of benzene rings is 1. The Morgan fingerprint density at radius 3 is 2.50 bits per heavy atom. The van der Waals surface area contributed by atoms with Crippen LogP contribution in [0.3, 0.4) is 0 Å². The first-order valence-corrected chi connectivity index (χ1v) is 7.93. The van der Waals surface area contributed by atoms with Crippen molar-refractivity contribution in [2.45, 2.75) is 6.42 Å². The van der Waals surface area contributed by atoms with Crippen LogP contribution in [0.1, 0.15) is 27.5 Å². The van der Waals surface area contributed by atoms with Crippen molar-refractivity contribution in [3.05, 3.63) is 64.0 Å². The Labute approximate surface area is 147 Å². The summed E-state index contributed by atoms with van der Waals surface area (Å²) >= 11 is 0. The number of hydrogen-bond donors (Lipinski definition) is 3. The van der Waals surface area contributed by atoms with E-state index in [4.69, 9.17) is 4.42 Å². The van der Waals surface area contributed by atoms with Crippen LogP contribution in [0, 0.1) is 10.1 Å². The monoisotopic (exact) mass is 356 g/mol. The summed E-state index contributed by atoms with van der Waals surface area (Å²) in [4.78, 5) is 36.7. The molecule has 0 unspecified atom stereocenters. The lowest BCUT2D eigenvalue weighted by Gasteiger charge is -2.05. The van der Waals surface area contributed by atoms with E-state index in [2.05, 4.69) is 15.6 Å². The maximum atomic E-state index is 12.1. The van der Waals surface area contributed by atoms with Crippen molar-refractivity contribution in [1.82, 2.24) is 15.6 Å². The quantitative estimate of drug-likeness (QED) is 0.339. The van der Waals surface area contributed by atoms with Crippen LogP contribution in [-0.4, -0.2) is 34.8 Å². The topological polar surface area (TPSA) is 130 Å². The van der Waals surface area contributed by atoms with Gasteiger partial charge in [-0.3, -0.25) is 19.7 Å². The molecule has 0 aliphatic heterocycles. The first-order chi connectivity index (χ1) is 12.5. The summed E-state index contributed by atoms with van der Waals surface area (Å²) < 4.78 is 4.80. The van der Waals surface area contributed by atoms with Gasteiger partial charge in [-0.05, 0) is 24.6 Å². The average molecular weight is 356 g/mol. The SMILES string of the molecule is O=C(NCCCNC(=O)c1ccc([N+](=O)[O-])o1)c1cc2ccccc2[nH]1. The van der Waals surface area contributed by atoms with E-state index in [1.807, 2.05) is 24.3 Å². The van der Waals surface area contributed by atoms with Crippen molar-refractivity contribution >= 4 is 28.6 Å². The zero-order chi connectivity index (χ0) is 18.5. The molecule has 26 heavy (non-hydrogen) atoms. The van der Waals surface area contributed by atoms with E-state index in [-0.39, 0.29) is 11.7 Å². The predicted octanol–water partition coefficient (Wildman–Crippen LogP) is 2.22. The van der Waals surface area contributed by atoms with Gasteiger partial charge < -0.3 is 20.0 Å². The van der Waals surface area contributed by atoms with E-state index >= 15 is 0 Å². The second-order valence-corrected chi connectivity index (χ2v) is 5.53. The summed E-state index contributed by atoms with van der Waals surface area (Å²) in [5, 5.41) is 16.8. The molecule has 0 aliphatic carbocycles. The van der Waals surface area contributed by atoms with Crippen LogP contribution in [0.2, 0.25) is 0 Å². The molecule has 0 spiro atoms. The van der Waals surface area contributed by atoms with Crippen LogP contribution >= 0.6 is 0 Å². The molecule has 3 rings (SSSR count). The molecule has 0 saturated carbocycles.